The van der Waals surface area contributed by atoms with Gasteiger partial charge >= 0.3 is 0 Å². The van der Waals surface area contributed by atoms with E-state index < -0.39 is 6.04 Å². The predicted molar refractivity (Wildman–Crippen MR) is 136 cm³/mol. The molecule has 3 aromatic rings. The van der Waals surface area contributed by atoms with Crippen molar-refractivity contribution in [1.82, 2.24) is 15.2 Å². The molecule has 0 spiro atoms. The Morgan fingerprint density at radius 2 is 1.97 bits per heavy atom. The van der Waals surface area contributed by atoms with Crippen LogP contribution >= 0.6 is 0 Å². The summed E-state index contributed by atoms with van der Waals surface area (Å²) >= 11 is 0. The number of benzene rings is 2. The highest BCUT2D eigenvalue weighted by Gasteiger charge is 2.34. The number of carbonyl (C=O) groups excluding carboxylic acids is 2. The van der Waals surface area contributed by atoms with Crippen molar-refractivity contribution in [3.63, 3.8) is 0 Å². The molecule has 2 aromatic carbocycles. The largest absolute Gasteiger partial charge is 0.494 e. The van der Waals surface area contributed by atoms with Gasteiger partial charge < -0.3 is 29.4 Å². The number of methoxy groups -OCH3 is 1. The Labute approximate surface area is 214 Å². The number of amides is 2. The molecule has 3 aliphatic rings. The summed E-state index contributed by atoms with van der Waals surface area (Å²) in [6.07, 6.45) is 1.20. The normalized spacial score (nSPS) is 17.4. The molecule has 6 rings (SSSR count). The van der Waals surface area contributed by atoms with Crippen molar-refractivity contribution in [3.05, 3.63) is 86.8 Å². The molecule has 1 aromatic heterocycles. The molecular formula is C28H29N3O6. The van der Waals surface area contributed by atoms with Gasteiger partial charge in [0, 0.05) is 30.4 Å². The Morgan fingerprint density at radius 3 is 2.78 bits per heavy atom. The third-order valence-corrected chi connectivity index (χ3v) is 6.59. The van der Waals surface area contributed by atoms with E-state index in [9.17, 15) is 14.4 Å². The van der Waals surface area contributed by atoms with Crippen molar-refractivity contribution in [1.29, 1.82) is 0 Å². The average Bonchev–Trinajstić information content (AvgIpc) is 2.89. The average molecular weight is 504 g/mol. The molecular weight excluding hydrogens is 474 g/mol. The number of hydrogen-bond donors (Lipinski definition) is 2. The van der Waals surface area contributed by atoms with Gasteiger partial charge in [0.15, 0.2) is 18.1 Å². The number of H-pyrrole nitrogens is 1. The lowest BCUT2D eigenvalue weighted by Gasteiger charge is -2.38. The van der Waals surface area contributed by atoms with Gasteiger partial charge in [-0.2, -0.15) is 0 Å². The number of aryl methyl sites for hydroxylation is 1. The van der Waals surface area contributed by atoms with Gasteiger partial charge in [0.1, 0.15) is 5.75 Å². The number of pyridine rings is 1. The molecule has 3 aliphatic heterocycles. The Hall–Kier alpha value is -4.27. The van der Waals surface area contributed by atoms with Crippen molar-refractivity contribution in [2.45, 2.75) is 25.8 Å². The summed E-state index contributed by atoms with van der Waals surface area (Å²) in [6, 6.07) is 14.0. The van der Waals surface area contributed by atoms with Crippen molar-refractivity contribution in [2.24, 2.45) is 0 Å². The first kappa shape index (κ1) is 24.4. The summed E-state index contributed by atoms with van der Waals surface area (Å²) in [5, 5.41) is 2.83. The molecule has 9 nitrogen and oxygen atoms in total. The molecule has 0 saturated heterocycles. The molecule has 0 fully saturated rings. The predicted octanol–water partition coefficient (Wildman–Crippen LogP) is 2.76. The molecule has 1 atom stereocenters. The Morgan fingerprint density at radius 1 is 1.11 bits per heavy atom. The summed E-state index contributed by atoms with van der Waals surface area (Å²) in [5.41, 5.74) is 3.40. The van der Waals surface area contributed by atoms with Crippen LogP contribution < -0.4 is 25.1 Å². The maximum atomic E-state index is 13.8. The number of nitrogens with one attached hydrogen (secondary N) is 2. The fourth-order valence-corrected chi connectivity index (χ4v) is 4.91. The van der Waals surface area contributed by atoms with E-state index in [1.807, 2.05) is 36.4 Å². The van der Waals surface area contributed by atoms with E-state index in [1.165, 1.54) is 6.07 Å². The summed E-state index contributed by atoms with van der Waals surface area (Å²) in [5.74, 6) is 1.16. The van der Waals surface area contributed by atoms with Gasteiger partial charge in [-0.1, -0.05) is 12.1 Å². The van der Waals surface area contributed by atoms with Crippen LogP contribution in [0.15, 0.2) is 53.3 Å². The Balaban J connectivity index is 1.64. The quantitative estimate of drug-likeness (QED) is 0.557. The number of nitrogens with zero attached hydrogens (tertiary/aromatic N) is 1. The van der Waals surface area contributed by atoms with Crippen LogP contribution in [0.3, 0.4) is 0 Å². The van der Waals surface area contributed by atoms with E-state index in [-0.39, 0.29) is 24.0 Å². The first-order chi connectivity index (χ1) is 17.9. The van der Waals surface area contributed by atoms with E-state index in [1.54, 1.807) is 25.0 Å². The molecule has 192 valence electrons. The highest BCUT2D eigenvalue weighted by atomic mass is 16.5. The molecule has 1 unspecified atom stereocenters. The molecule has 2 N–H and O–H groups in total. The third-order valence-electron chi connectivity index (χ3n) is 6.59. The second kappa shape index (κ2) is 10.4. The maximum absolute atomic E-state index is 13.8. The van der Waals surface area contributed by atoms with E-state index >= 15 is 0 Å². The van der Waals surface area contributed by atoms with Gasteiger partial charge in [-0.15, -0.1) is 0 Å². The Bertz CT molecular complexity index is 1400. The first-order valence-electron chi connectivity index (χ1n) is 12.3. The minimum Gasteiger partial charge on any atom is -0.494 e. The molecule has 2 amide bonds. The van der Waals surface area contributed by atoms with Gasteiger partial charge in [0.05, 0.1) is 19.8 Å². The summed E-state index contributed by atoms with van der Waals surface area (Å²) in [7, 11) is 1.54. The van der Waals surface area contributed by atoms with Crippen LogP contribution in [0.1, 0.15) is 45.2 Å². The number of carbonyl (C=O) groups is 2. The minimum absolute atomic E-state index is 0.134. The monoisotopic (exact) mass is 503 g/mol. The van der Waals surface area contributed by atoms with E-state index in [4.69, 9.17) is 14.2 Å². The highest BCUT2D eigenvalue weighted by molar-refractivity contribution is 5.95. The smallest absolute Gasteiger partial charge is 0.257 e. The molecule has 0 radical (unpaired) electrons. The lowest BCUT2D eigenvalue weighted by molar-refractivity contribution is -0.123. The van der Waals surface area contributed by atoms with Gasteiger partial charge in [-0.05, 0) is 66.8 Å². The van der Waals surface area contributed by atoms with Crippen molar-refractivity contribution >= 4 is 11.8 Å². The zero-order chi connectivity index (χ0) is 25.9. The molecule has 0 aliphatic carbocycles. The fraction of sp³-hybridized carbons (Fsp3) is 0.321. The number of aromatic amines is 1. The van der Waals surface area contributed by atoms with Crippen molar-refractivity contribution < 1.29 is 23.8 Å². The summed E-state index contributed by atoms with van der Waals surface area (Å²) < 4.78 is 17.4. The van der Waals surface area contributed by atoms with Crippen LogP contribution in [-0.2, 0) is 11.2 Å². The van der Waals surface area contributed by atoms with Crippen LogP contribution in [0.5, 0.6) is 17.2 Å². The van der Waals surface area contributed by atoms with Crippen LogP contribution in [0.25, 0.3) is 0 Å². The minimum atomic E-state index is -0.446. The number of fused-ring (bicyclic) bond motifs is 8. The summed E-state index contributed by atoms with van der Waals surface area (Å²) in [6.45, 7) is 2.94. The molecule has 37 heavy (non-hydrogen) atoms. The van der Waals surface area contributed by atoms with Gasteiger partial charge in [-0.25, -0.2) is 0 Å². The number of ether oxygens (including phenoxy) is 3. The Kier molecular flexibility index (Phi) is 6.85. The lowest BCUT2D eigenvalue weighted by Crippen LogP contribution is -2.41. The zero-order valence-corrected chi connectivity index (χ0v) is 20.8. The lowest BCUT2D eigenvalue weighted by atomic mass is 9.87. The van der Waals surface area contributed by atoms with E-state index in [2.05, 4.69) is 10.3 Å². The molecule has 0 saturated carbocycles. The zero-order valence-electron chi connectivity index (χ0n) is 20.8. The standard InChI is InChI=1S/C28H29N3O6/c1-17-11-20(14-25(32)30-17)28(34)31-9-7-18-13-24-23(35-2)15-22(18)27(31)19-5-3-6-21(12-19)36-10-4-8-29-26(33)16-37-24/h3,5-6,11-15,27H,4,7-10,16H2,1-2H3,(H,29,33)(H,30,32). The van der Waals surface area contributed by atoms with Crippen molar-refractivity contribution in [3.8, 4) is 17.2 Å². The van der Waals surface area contributed by atoms with Crippen LogP contribution in [0.2, 0.25) is 0 Å². The molecule has 9 heteroatoms. The van der Waals surface area contributed by atoms with Crippen LogP contribution in [-0.4, -0.2) is 55.1 Å². The SMILES string of the molecule is COc1cc2c3cc1OCC(=O)NCCCOc1cccc(c1)C2N(C(=O)c1cc(C)[nH]c(=O)c1)CC3. The van der Waals surface area contributed by atoms with Gasteiger partial charge in [-0.3, -0.25) is 14.4 Å². The second-order valence-electron chi connectivity index (χ2n) is 9.18. The number of aromatic nitrogens is 1. The van der Waals surface area contributed by atoms with Crippen LogP contribution in [0, 0.1) is 6.92 Å². The highest BCUT2D eigenvalue weighted by Crippen LogP contribution is 2.42. The second-order valence-corrected chi connectivity index (χ2v) is 9.18. The van der Waals surface area contributed by atoms with Gasteiger partial charge in [0.2, 0.25) is 5.56 Å². The fourth-order valence-electron chi connectivity index (χ4n) is 4.91. The third kappa shape index (κ3) is 5.16. The van der Waals surface area contributed by atoms with Gasteiger partial charge in [0.25, 0.3) is 11.8 Å². The molecule has 6 bridgehead atoms. The van der Waals surface area contributed by atoms with Crippen LogP contribution in [0.4, 0.5) is 0 Å². The maximum Gasteiger partial charge on any atom is 0.257 e. The number of rotatable bonds is 2. The van der Waals surface area contributed by atoms with E-state index in [0.29, 0.717) is 61.0 Å². The summed E-state index contributed by atoms with van der Waals surface area (Å²) in [4.78, 5) is 42.7. The van der Waals surface area contributed by atoms with Crippen molar-refractivity contribution in [2.75, 3.05) is 33.4 Å². The number of hydrogen-bond acceptors (Lipinski definition) is 6. The van der Waals surface area contributed by atoms with E-state index in [0.717, 1.165) is 16.7 Å². The topological polar surface area (TPSA) is 110 Å². The molecule has 4 heterocycles. The first-order valence-corrected chi connectivity index (χ1v) is 12.3.